The molecule has 2 rings (SSSR count). The van der Waals surface area contributed by atoms with E-state index in [9.17, 15) is 12.8 Å². The average molecular weight is 332 g/mol. The lowest BCUT2D eigenvalue weighted by atomic mass is 10.1. The Morgan fingerprint density at radius 3 is 2.81 bits per heavy atom. The van der Waals surface area contributed by atoms with E-state index in [2.05, 4.69) is 10.0 Å². The van der Waals surface area contributed by atoms with Crippen molar-refractivity contribution in [2.75, 3.05) is 19.6 Å². The topological polar surface area (TPSA) is 82.0 Å². The number of sulfonamides is 1. The molecule has 0 unspecified atom stereocenters. The molecule has 0 saturated heterocycles. The molecule has 0 aromatic heterocycles. The van der Waals surface area contributed by atoms with Crippen LogP contribution in [0.2, 0.25) is 0 Å². The lowest BCUT2D eigenvalue weighted by molar-refractivity contribution is 0.581. The van der Waals surface area contributed by atoms with E-state index in [-0.39, 0.29) is 29.4 Å². The zero-order valence-electron chi connectivity index (χ0n) is 11.1. The Morgan fingerprint density at radius 2 is 2.19 bits per heavy atom. The minimum Gasteiger partial charge on any atom is -0.313 e. The number of nitrogens with one attached hydrogen (secondary N) is 2. The average Bonchev–Trinajstić information content (AvgIpc) is 2.46. The summed E-state index contributed by atoms with van der Waals surface area (Å²) in [5.41, 5.74) is 0.726. The van der Waals surface area contributed by atoms with Gasteiger partial charge in [-0.15, -0.1) is 12.4 Å². The van der Waals surface area contributed by atoms with Gasteiger partial charge < -0.3 is 5.32 Å². The smallest absolute Gasteiger partial charge is 0.240 e. The Morgan fingerprint density at radius 1 is 1.43 bits per heavy atom. The summed E-state index contributed by atoms with van der Waals surface area (Å²) in [7, 11) is -3.74. The van der Waals surface area contributed by atoms with Crippen molar-refractivity contribution in [1.29, 1.82) is 5.26 Å². The second-order valence-corrected chi connectivity index (χ2v) is 6.16. The highest BCUT2D eigenvalue weighted by Gasteiger charge is 2.16. The van der Waals surface area contributed by atoms with Crippen LogP contribution in [0, 0.1) is 17.1 Å². The van der Waals surface area contributed by atoms with Gasteiger partial charge in [0, 0.05) is 13.1 Å². The molecule has 5 nitrogen and oxygen atoms in total. The highest BCUT2D eigenvalue weighted by molar-refractivity contribution is 7.89. The fraction of sp³-hybridized carbons (Fsp3) is 0.308. The molecule has 0 spiro atoms. The molecule has 0 fully saturated rings. The molecular weight excluding hydrogens is 317 g/mol. The Bertz CT molecular complexity index is 683. The predicted octanol–water partition coefficient (Wildman–Crippen LogP) is 1.32. The zero-order valence-corrected chi connectivity index (χ0v) is 12.7. The molecule has 1 aliphatic heterocycles. The van der Waals surface area contributed by atoms with E-state index in [1.807, 2.05) is 6.08 Å². The maximum atomic E-state index is 13.2. The molecule has 0 aliphatic carbocycles. The summed E-state index contributed by atoms with van der Waals surface area (Å²) in [5, 5.41) is 11.9. The predicted molar refractivity (Wildman–Crippen MR) is 79.1 cm³/mol. The van der Waals surface area contributed by atoms with E-state index in [0.717, 1.165) is 43.3 Å². The second kappa shape index (κ2) is 7.52. The minimum atomic E-state index is -3.74. The van der Waals surface area contributed by atoms with E-state index in [1.165, 1.54) is 0 Å². The maximum Gasteiger partial charge on any atom is 0.240 e. The molecule has 8 heteroatoms. The largest absolute Gasteiger partial charge is 0.313 e. The Hall–Kier alpha value is -1.46. The van der Waals surface area contributed by atoms with Crippen molar-refractivity contribution < 1.29 is 12.8 Å². The summed E-state index contributed by atoms with van der Waals surface area (Å²) >= 11 is 0. The first-order chi connectivity index (χ1) is 9.53. The molecule has 0 saturated carbocycles. The highest BCUT2D eigenvalue weighted by Crippen LogP contribution is 2.15. The Labute approximate surface area is 129 Å². The number of hydrogen-bond acceptors (Lipinski definition) is 4. The summed E-state index contributed by atoms with van der Waals surface area (Å²) in [6.45, 7) is 1.78. The summed E-state index contributed by atoms with van der Waals surface area (Å²) in [5.74, 6) is -0.729. The molecule has 2 N–H and O–H groups in total. The number of nitrogens with zero attached hydrogens (tertiary/aromatic N) is 1. The first-order valence-corrected chi connectivity index (χ1v) is 7.59. The van der Waals surface area contributed by atoms with Crippen LogP contribution in [0.1, 0.15) is 12.0 Å². The van der Waals surface area contributed by atoms with Gasteiger partial charge in [0.1, 0.15) is 11.9 Å². The van der Waals surface area contributed by atoms with Crippen LogP contribution >= 0.6 is 12.4 Å². The van der Waals surface area contributed by atoms with Crippen LogP contribution in [0.15, 0.2) is 34.7 Å². The van der Waals surface area contributed by atoms with Crippen molar-refractivity contribution in [3.63, 3.8) is 0 Å². The van der Waals surface area contributed by atoms with Gasteiger partial charge >= 0.3 is 0 Å². The quantitative estimate of drug-likeness (QED) is 0.815. The first kappa shape index (κ1) is 17.6. The third-order valence-corrected chi connectivity index (χ3v) is 4.41. The Kier molecular flexibility index (Phi) is 6.30. The van der Waals surface area contributed by atoms with Gasteiger partial charge in [-0.25, -0.2) is 17.5 Å². The monoisotopic (exact) mass is 331 g/mol. The molecule has 1 aromatic rings. The van der Waals surface area contributed by atoms with Gasteiger partial charge in [-0.05, 0) is 31.2 Å². The summed E-state index contributed by atoms with van der Waals surface area (Å²) < 4.78 is 39.8. The molecule has 0 radical (unpaired) electrons. The molecular formula is C13H15ClFN3O2S. The van der Waals surface area contributed by atoms with E-state index < -0.39 is 15.8 Å². The van der Waals surface area contributed by atoms with Gasteiger partial charge in [-0.1, -0.05) is 11.6 Å². The van der Waals surface area contributed by atoms with Crippen LogP contribution < -0.4 is 10.0 Å². The third kappa shape index (κ3) is 4.51. The normalized spacial score (nSPS) is 14.8. The number of nitriles is 1. The van der Waals surface area contributed by atoms with Gasteiger partial charge in [0.2, 0.25) is 10.0 Å². The van der Waals surface area contributed by atoms with Gasteiger partial charge in [-0.2, -0.15) is 5.26 Å². The van der Waals surface area contributed by atoms with E-state index in [0.29, 0.717) is 0 Å². The van der Waals surface area contributed by atoms with Crippen molar-refractivity contribution in [3.05, 3.63) is 41.2 Å². The molecule has 0 atom stereocenters. The van der Waals surface area contributed by atoms with Gasteiger partial charge in [0.25, 0.3) is 0 Å². The van der Waals surface area contributed by atoms with Crippen molar-refractivity contribution in [2.45, 2.75) is 11.3 Å². The second-order valence-electron chi connectivity index (χ2n) is 4.39. The summed E-state index contributed by atoms with van der Waals surface area (Å²) in [4.78, 5) is -0.106. The zero-order chi connectivity index (χ0) is 14.6. The molecule has 1 aromatic carbocycles. The van der Waals surface area contributed by atoms with E-state index >= 15 is 0 Å². The van der Waals surface area contributed by atoms with Crippen molar-refractivity contribution in [3.8, 4) is 6.07 Å². The number of rotatable bonds is 4. The van der Waals surface area contributed by atoms with Crippen molar-refractivity contribution in [2.24, 2.45) is 0 Å². The molecule has 1 heterocycles. The number of hydrogen-bond donors (Lipinski definition) is 2. The third-order valence-electron chi connectivity index (χ3n) is 3.02. The lowest BCUT2D eigenvalue weighted by Gasteiger charge is -2.14. The molecule has 0 amide bonds. The van der Waals surface area contributed by atoms with Crippen molar-refractivity contribution >= 4 is 22.4 Å². The van der Waals surface area contributed by atoms with E-state index in [4.69, 9.17) is 5.26 Å². The van der Waals surface area contributed by atoms with Gasteiger partial charge in [-0.3, -0.25) is 0 Å². The molecule has 21 heavy (non-hydrogen) atoms. The maximum absolute atomic E-state index is 13.2. The van der Waals surface area contributed by atoms with Crippen LogP contribution in [0.25, 0.3) is 0 Å². The van der Waals surface area contributed by atoms with E-state index in [1.54, 1.807) is 6.07 Å². The first-order valence-electron chi connectivity index (χ1n) is 6.11. The molecule has 0 bridgehead atoms. The van der Waals surface area contributed by atoms with Crippen LogP contribution in [-0.4, -0.2) is 28.1 Å². The highest BCUT2D eigenvalue weighted by atomic mass is 35.5. The minimum absolute atomic E-state index is 0. The fourth-order valence-electron chi connectivity index (χ4n) is 1.86. The summed E-state index contributed by atoms with van der Waals surface area (Å²) in [6, 6.07) is 4.79. The van der Waals surface area contributed by atoms with Gasteiger partial charge in [0.05, 0.1) is 10.5 Å². The number of halogens is 2. The van der Waals surface area contributed by atoms with Crippen LogP contribution in [0.5, 0.6) is 0 Å². The number of benzene rings is 1. The van der Waals surface area contributed by atoms with Crippen LogP contribution in [0.3, 0.4) is 0 Å². The molecule has 114 valence electrons. The summed E-state index contributed by atoms with van der Waals surface area (Å²) in [6.07, 6.45) is 2.73. The van der Waals surface area contributed by atoms with Crippen molar-refractivity contribution in [1.82, 2.24) is 10.0 Å². The van der Waals surface area contributed by atoms with Crippen LogP contribution in [-0.2, 0) is 10.0 Å². The Balaban J connectivity index is 0.00000220. The standard InChI is InChI=1S/C13H14FN3O2S.ClH/c14-13-2-1-12(7-11(13)8-15)20(18,19)17-9-10-3-5-16-6-4-10;/h1-3,7,16-17H,4-6,9H2;1H. The van der Waals surface area contributed by atoms with Crippen LogP contribution in [0.4, 0.5) is 4.39 Å². The fourth-order valence-corrected chi connectivity index (χ4v) is 2.92. The van der Waals surface area contributed by atoms with Gasteiger partial charge in [0.15, 0.2) is 0 Å². The molecule has 1 aliphatic rings. The lowest BCUT2D eigenvalue weighted by Crippen LogP contribution is -2.29. The SMILES string of the molecule is Cl.N#Cc1cc(S(=O)(=O)NCC2=CCNCC2)ccc1F.